The van der Waals surface area contributed by atoms with Gasteiger partial charge < -0.3 is 0 Å². The Morgan fingerprint density at radius 2 is 1.88 bits per heavy atom. The molecule has 0 aliphatic carbocycles. The molecule has 1 aromatic heterocycles. The highest BCUT2D eigenvalue weighted by molar-refractivity contribution is 6.01. The second-order valence-electron chi connectivity index (χ2n) is 5.70. The molecular weight excluding hydrogens is 333 g/mol. The Balaban J connectivity index is 1.93. The Kier molecular flexibility index (Phi) is 4.16. The van der Waals surface area contributed by atoms with Crippen LogP contribution in [0.4, 0.5) is 13.2 Å². The van der Waals surface area contributed by atoms with Crippen molar-refractivity contribution in [3.8, 4) is 0 Å². The fourth-order valence-corrected chi connectivity index (χ4v) is 2.62. The molecule has 3 aromatic rings. The molecule has 25 heavy (non-hydrogen) atoms. The van der Waals surface area contributed by atoms with E-state index < -0.39 is 11.7 Å². The number of aromatic amines is 1. The smallest absolute Gasteiger partial charge is 0.294 e. The van der Waals surface area contributed by atoms with Gasteiger partial charge in [0.25, 0.3) is 5.56 Å². The topological polar surface area (TPSA) is 62.8 Å². The molecule has 128 valence electrons. The number of carbonyl (C=O) groups excluding carboxylic acids is 1. The van der Waals surface area contributed by atoms with E-state index in [-0.39, 0.29) is 23.3 Å². The molecule has 0 saturated carbocycles. The Labute approximate surface area is 140 Å². The van der Waals surface area contributed by atoms with Crippen LogP contribution in [0.2, 0.25) is 0 Å². The van der Waals surface area contributed by atoms with Gasteiger partial charge in [-0.05, 0) is 30.7 Å². The van der Waals surface area contributed by atoms with Crippen LogP contribution in [0.15, 0.2) is 47.3 Å². The van der Waals surface area contributed by atoms with Crippen LogP contribution in [0, 0.1) is 6.92 Å². The molecule has 0 amide bonds. The van der Waals surface area contributed by atoms with Gasteiger partial charge >= 0.3 is 6.18 Å². The summed E-state index contributed by atoms with van der Waals surface area (Å²) >= 11 is 0. The number of Topliss-reactive ketones (excluding diaryl/α,β-unsaturated/α-hetero) is 1. The highest BCUT2D eigenvalue weighted by Crippen LogP contribution is 2.29. The molecule has 4 nitrogen and oxygen atoms in total. The van der Waals surface area contributed by atoms with Gasteiger partial charge in [-0.2, -0.15) is 18.3 Å². The Hall–Kier alpha value is -2.96. The third kappa shape index (κ3) is 3.45. The zero-order valence-corrected chi connectivity index (χ0v) is 13.1. The Morgan fingerprint density at radius 1 is 1.12 bits per heavy atom. The third-order valence-corrected chi connectivity index (χ3v) is 3.92. The number of aromatic nitrogens is 2. The van der Waals surface area contributed by atoms with Crippen molar-refractivity contribution in [2.75, 3.05) is 0 Å². The number of benzene rings is 2. The molecule has 0 aliphatic heterocycles. The summed E-state index contributed by atoms with van der Waals surface area (Å²) in [5.74, 6) is -0.332. The lowest BCUT2D eigenvalue weighted by Crippen LogP contribution is -2.11. The summed E-state index contributed by atoms with van der Waals surface area (Å²) in [6.07, 6.45) is -4.61. The van der Waals surface area contributed by atoms with Gasteiger partial charge in [-0.1, -0.05) is 24.3 Å². The lowest BCUT2D eigenvalue weighted by atomic mass is 9.99. The molecular formula is C18H13F3N2O2. The molecule has 0 saturated heterocycles. The van der Waals surface area contributed by atoms with Crippen molar-refractivity contribution in [1.29, 1.82) is 0 Å². The summed E-state index contributed by atoms with van der Waals surface area (Å²) in [5, 5.41) is 7.16. The molecule has 0 radical (unpaired) electrons. The maximum absolute atomic E-state index is 12.8. The monoisotopic (exact) mass is 346 g/mol. The molecule has 1 N–H and O–H groups in total. The van der Waals surface area contributed by atoms with Crippen molar-refractivity contribution in [3.05, 3.63) is 75.2 Å². The summed E-state index contributed by atoms with van der Waals surface area (Å²) in [4.78, 5) is 24.2. The fraction of sp³-hybridized carbons (Fsp3) is 0.167. The first-order chi connectivity index (χ1) is 11.8. The molecule has 0 fully saturated rings. The fourth-order valence-electron chi connectivity index (χ4n) is 2.62. The van der Waals surface area contributed by atoms with Gasteiger partial charge in [-0.15, -0.1) is 0 Å². The molecule has 1 heterocycles. The van der Waals surface area contributed by atoms with E-state index in [2.05, 4.69) is 10.2 Å². The minimum absolute atomic E-state index is 0.162. The summed E-state index contributed by atoms with van der Waals surface area (Å²) in [5.41, 5.74) is 0.00442. The van der Waals surface area contributed by atoms with Gasteiger partial charge in [0.05, 0.1) is 16.6 Å². The number of halogens is 3. The molecule has 2 aromatic carbocycles. The zero-order chi connectivity index (χ0) is 18.2. The summed E-state index contributed by atoms with van der Waals surface area (Å²) in [7, 11) is 0. The van der Waals surface area contributed by atoms with Gasteiger partial charge in [-0.25, -0.2) is 5.10 Å². The number of carbonyl (C=O) groups is 1. The van der Waals surface area contributed by atoms with Crippen LogP contribution in [-0.2, 0) is 12.6 Å². The first-order valence-electron chi connectivity index (χ1n) is 7.44. The number of ketones is 1. The molecule has 0 aliphatic rings. The van der Waals surface area contributed by atoms with Crippen LogP contribution in [0.5, 0.6) is 0 Å². The van der Waals surface area contributed by atoms with E-state index in [0.29, 0.717) is 22.0 Å². The minimum Gasteiger partial charge on any atom is -0.294 e. The van der Waals surface area contributed by atoms with Gasteiger partial charge in [0.15, 0.2) is 5.78 Å². The largest absolute Gasteiger partial charge is 0.416 e. The van der Waals surface area contributed by atoms with Gasteiger partial charge in [-0.3, -0.25) is 9.59 Å². The van der Waals surface area contributed by atoms with Crippen molar-refractivity contribution in [3.63, 3.8) is 0 Å². The van der Waals surface area contributed by atoms with E-state index in [1.807, 2.05) is 0 Å². The quantitative estimate of drug-likeness (QED) is 0.736. The van der Waals surface area contributed by atoms with Crippen LogP contribution in [0.3, 0.4) is 0 Å². The molecule has 0 unspecified atom stereocenters. The first kappa shape index (κ1) is 16.9. The van der Waals surface area contributed by atoms with Crippen LogP contribution in [0.1, 0.15) is 27.2 Å². The first-order valence-corrected chi connectivity index (χ1v) is 7.44. The number of hydrogen-bond acceptors (Lipinski definition) is 3. The Morgan fingerprint density at radius 3 is 2.60 bits per heavy atom. The minimum atomic E-state index is -4.45. The summed E-state index contributed by atoms with van der Waals surface area (Å²) < 4.78 is 38.3. The average molecular weight is 346 g/mol. The maximum atomic E-state index is 12.8. The normalized spacial score (nSPS) is 11.7. The summed E-state index contributed by atoms with van der Waals surface area (Å²) in [6.45, 7) is 1.69. The van der Waals surface area contributed by atoms with E-state index in [1.165, 1.54) is 24.3 Å². The lowest BCUT2D eigenvalue weighted by Gasteiger charge is -2.09. The lowest BCUT2D eigenvalue weighted by molar-refractivity contribution is -0.137. The van der Waals surface area contributed by atoms with E-state index in [9.17, 15) is 22.8 Å². The maximum Gasteiger partial charge on any atom is 0.416 e. The number of aryl methyl sites for hydroxylation is 1. The number of nitrogens with zero attached hydrogens (tertiary/aromatic N) is 1. The molecule has 0 atom stereocenters. The predicted octanol–water partition coefficient (Wildman–Crippen LogP) is 3.68. The number of H-pyrrole nitrogens is 1. The van der Waals surface area contributed by atoms with Crippen molar-refractivity contribution >= 4 is 16.6 Å². The summed E-state index contributed by atoms with van der Waals surface area (Å²) in [6, 6.07) is 9.24. The second-order valence-corrected chi connectivity index (χ2v) is 5.70. The highest BCUT2D eigenvalue weighted by atomic mass is 19.4. The number of hydrogen-bond donors (Lipinski definition) is 1. The van der Waals surface area contributed by atoms with Crippen LogP contribution < -0.4 is 5.56 Å². The van der Waals surface area contributed by atoms with Gasteiger partial charge in [0.2, 0.25) is 0 Å². The van der Waals surface area contributed by atoms with Crippen molar-refractivity contribution in [2.24, 2.45) is 0 Å². The second kappa shape index (κ2) is 6.16. The predicted molar refractivity (Wildman–Crippen MR) is 86.6 cm³/mol. The SMILES string of the molecule is Cc1n[nH]c(=O)c2ccc(C(=O)Cc3cccc(C(F)(F)F)c3)cc12. The average Bonchev–Trinajstić information content (AvgIpc) is 2.57. The van der Waals surface area contributed by atoms with Crippen molar-refractivity contribution < 1.29 is 18.0 Å². The number of rotatable bonds is 3. The van der Waals surface area contributed by atoms with E-state index in [1.54, 1.807) is 13.0 Å². The van der Waals surface area contributed by atoms with E-state index in [0.717, 1.165) is 12.1 Å². The van der Waals surface area contributed by atoms with Crippen molar-refractivity contribution in [2.45, 2.75) is 19.5 Å². The van der Waals surface area contributed by atoms with Crippen LogP contribution in [0.25, 0.3) is 10.8 Å². The van der Waals surface area contributed by atoms with Gasteiger partial charge in [0, 0.05) is 17.4 Å². The number of fused-ring (bicyclic) bond motifs is 1. The van der Waals surface area contributed by atoms with E-state index in [4.69, 9.17) is 0 Å². The standard InChI is InChI=1S/C18H13F3N2O2/c1-10-15-9-12(5-6-14(15)17(25)23-22-10)16(24)8-11-3-2-4-13(7-11)18(19,20)21/h2-7,9H,8H2,1H3,(H,23,25). The van der Waals surface area contributed by atoms with Crippen LogP contribution in [-0.4, -0.2) is 16.0 Å². The molecule has 7 heteroatoms. The highest BCUT2D eigenvalue weighted by Gasteiger charge is 2.30. The van der Waals surface area contributed by atoms with E-state index >= 15 is 0 Å². The molecule has 3 rings (SSSR count). The number of nitrogens with one attached hydrogen (secondary N) is 1. The molecule has 0 spiro atoms. The van der Waals surface area contributed by atoms with Crippen LogP contribution >= 0.6 is 0 Å². The third-order valence-electron chi connectivity index (χ3n) is 3.92. The van der Waals surface area contributed by atoms with Gasteiger partial charge in [0.1, 0.15) is 0 Å². The molecule has 0 bridgehead atoms. The van der Waals surface area contributed by atoms with Crippen molar-refractivity contribution in [1.82, 2.24) is 10.2 Å². The zero-order valence-electron chi connectivity index (χ0n) is 13.1. The number of alkyl halides is 3. The Bertz CT molecular complexity index is 1020.